The second kappa shape index (κ2) is 8.84. The number of carbonyl (C=O) groups excluding carboxylic acids is 1. The van der Waals surface area contributed by atoms with E-state index in [4.69, 9.17) is 20.9 Å². The van der Waals surface area contributed by atoms with Crippen molar-refractivity contribution in [3.8, 4) is 17.1 Å². The number of amides is 1. The van der Waals surface area contributed by atoms with Crippen LogP contribution in [0.3, 0.4) is 0 Å². The molecule has 28 heavy (non-hydrogen) atoms. The van der Waals surface area contributed by atoms with Crippen LogP contribution in [0.2, 0.25) is 5.02 Å². The summed E-state index contributed by atoms with van der Waals surface area (Å²) in [5.41, 5.74) is 0.652. The van der Waals surface area contributed by atoms with E-state index in [1.165, 1.54) is 29.2 Å². The Labute approximate surface area is 166 Å². The fourth-order valence-corrected chi connectivity index (χ4v) is 2.80. The maximum Gasteiger partial charge on any atom is 0.263 e. The maximum atomic E-state index is 13.0. The Morgan fingerprint density at radius 2 is 1.96 bits per heavy atom. The molecule has 0 fully saturated rings. The Hall–Kier alpha value is -2.93. The number of rotatable bonds is 7. The largest absolute Gasteiger partial charge is 0.481 e. The molecule has 1 heterocycles. The second-order valence-corrected chi connectivity index (χ2v) is 6.56. The fraction of sp³-hybridized carbons (Fsp3) is 0.250. The number of hydrogen-bond acceptors (Lipinski definition) is 5. The van der Waals surface area contributed by atoms with Gasteiger partial charge in [-0.2, -0.15) is 4.98 Å². The standard InChI is InChI=1S/C20H19ClFN3O3/c1-3-17(27-14-10-8-13(22)9-11-14)20(26)25(2)12-18-23-19(24-28-18)15-6-4-5-7-16(15)21/h4-11,17H,3,12H2,1-2H3. The van der Waals surface area contributed by atoms with Crippen LogP contribution in [-0.2, 0) is 11.3 Å². The summed E-state index contributed by atoms with van der Waals surface area (Å²) < 4.78 is 24.0. The Balaban J connectivity index is 1.66. The van der Waals surface area contributed by atoms with Crippen LogP contribution in [0.1, 0.15) is 19.2 Å². The molecule has 0 spiro atoms. The first-order valence-corrected chi connectivity index (χ1v) is 9.10. The first-order valence-electron chi connectivity index (χ1n) is 8.72. The molecule has 0 bridgehead atoms. The third-order valence-electron chi connectivity index (χ3n) is 4.07. The van der Waals surface area contributed by atoms with Crippen molar-refractivity contribution in [3.63, 3.8) is 0 Å². The smallest absolute Gasteiger partial charge is 0.263 e. The van der Waals surface area contributed by atoms with E-state index in [2.05, 4.69) is 10.1 Å². The van der Waals surface area contributed by atoms with Gasteiger partial charge in [-0.15, -0.1) is 0 Å². The highest BCUT2D eigenvalue weighted by molar-refractivity contribution is 6.33. The lowest BCUT2D eigenvalue weighted by molar-refractivity contribution is -0.138. The Morgan fingerprint density at radius 3 is 2.64 bits per heavy atom. The van der Waals surface area contributed by atoms with Crippen molar-refractivity contribution < 1.29 is 18.4 Å². The van der Waals surface area contributed by atoms with Crippen molar-refractivity contribution in [2.24, 2.45) is 0 Å². The van der Waals surface area contributed by atoms with Crippen LogP contribution in [0, 0.1) is 5.82 Å². The van der Waals surface area contributed by atoms with Gasteiger partial charge in [-0.25, -0.2) is 4.39 Å². The first kappa shape index (κ1) is 19.8. The van der Waals surface area contributed by atoms with Crippen molar-refractivity contribution in [1.29, 1.82) is 0 Å². The van der Waals surface area contributed by atoms with Crippen LogP contribution < -0.4 is 4.74 Å². The van der Waals surface area contributed by atoms with Crippen molar-refractivity contribution >= 4 is 17.5 Å². The Morgan fingerprint density at radius 1 is 1.25 bits per heavy atom. The summed E-state index contributed by atoms with van der Waals surface area (Å²) in [5, 5.41) is 4.44. The molecule has 0 aliphatic rings. The number of benzene rings is 2. The van der Waals surface area contributed by atoms with Gasteiger partial charge in [0, 0.05) is 12.6 Å². The van der Waals surface area contributed by atoms with Gasteiger partial charge in [-0.3, -0.25) is 4.79 Å². The van der Waals surface area contributed by atoms with E-state index < -0.39 is 6.10 Å². The van der Waals surface area contributed by atoms with Gasteiger partial charge in [-0.05, 0) is 42.8 Å². The molecule has 8 heteroatoms. The van der Waals surface area contributed by atoms with Crippen LogP contribution in [0.15, 0.2) is 53.1 Å². The first-order chi connectivity index (χ1) is 13.5. The highest BCUT2D eigenvalue weighted by Gasteiger charge is 2.24. The predicted molar refractivity (Wildman–Crippen MR) is 102 cm³/mol. The molecule has 0 radical (unpaired) electrons. The molecule has 0 aliphatic heterocycles. The molecule has 0 saturated heterocycles. The number of hydrogen-bond donors (Lipinski definition) is 0. The monoisotopic (exact) mass is 403 g/mol. The highest BCUT2D eigenvalue weighted by Crippen LogP contribution is 2.25. The zero-order chi connectivity index (χ0) is 20.1. The van der Waals surface area contributed by atoms with Gasteiger partial charge in [-0.1, -0.05) is 35.8 Å². The molecule has 1 unspecified atom stereocenters. The zero-order valence-electron chi connectivity index (χ0n) is 15.4. The average molecular weight is 404 g/mol. The number of aromatic nitrogens is 2. The minimum Gasteiger partial charge on any atom is -0.481 e. The number of ether oxygens (including phenoxy) is 1. The number of carbonyl (C=O) groups is 1. The van der Waals surface area contributed by atoms with Gasteiger partial charge in [0.15, 0.2) is 6.10 Å². The molecule has 0 N–H and O–H groups in total. The van der Waals surface area contributed by atoms with E-state index in [1.54, 1.807) is 19.2 Å². The minimum atomic E-state index is -0.707. The van der Waals surface area contributed by atoms with E-state index in [0.29, 0.717) is 28.6 Å². The molecular formula is C20H19ClFN3O3. The van der Waals surface area contributed by atoms with E-state index in [9.17, 15) is 9.18 Å². The average Bonchev–Trinajstić information content (AvgIpc) is 3.15. The second-order valence-electron chi connectivity index (χ2n) is 6.15. The summed E-state index contributed by atoms with van der Waals surface area (Å²) in [7, 11) is 1.62. The van der Waals surface area contributed by atoms with Gasteiger partial charge < -0.3 is 14.2 Å². The van der Waals surface area contributed by atoms with Crippen LogP contribution in [-0.4, -0.2) is 34.1 Å². The summed E-state index contributed by atoms with van der Waals surface area (Å²) in [5.74, 6) is 0.450. The number of likely N-dealkylation sites (N-methyl/N-ethyl adjacent to an activating group) is 1. The summed E-state index contributed by atoms with van der Waals surface area (Å²) >= 11 is 6.15. The number of halogens is 2. The molecule has 3 aromatic rings. The normalized spacial score (nSPS) is 11.9. The van der Waals surface area contributed by atoms with Crippen LogP contribution >= 0.6 is 11.6 Å². The molecule has 6 nitrogen and oxygen atoms in total. The van der Waals surface area contributed by atoms with Gasteiger partial charge in [0.05, 0.1) is 11.6 Å². The van der Waals surface area contributed by atoms with Crippen LogP contribution in [0.4, 0.5) is 4.39 Å². The quantitative estimate of drug-likeness (QED) is 0.586. The molecule has 3 rings (SSSR count). The fourth-order valence-electron chi connectivity index (χ4n) is 2.58. The van der Waals surface area contributed by atoms with Crippen molar-refractivity contribution in [2.75, 3.05) is 7.05 Å². The SMILES string of the molecule is CCC(Oc1ccc(F)cc1)C(=O)N(C)Cc1nc(-c2ccccc2Cl)no1. The van der Waals surface area contributed by atoms with Crippen LogP contribution in [0.5, 0.6) is 5.75 Å². The Kier molecular flexibility index (Phi) is 6.26. The highest BCUT2D eigenvalue weighted by atomic mass is 35.5. The zero-order valence-corrected chi connectivity index (χ0v) is 16.2. The third kappa shape index (κ3) is 4.67. The number of nitrogens with zero attached hydrogens (tertiary/aromatic N) is 3. The molecule has 1 atom stereocenters. The lowest BCUT2D eigenvalue weighted by atomic mass is 10.2. The lowest BCUT2D eigenvalue weighted by Crippen LogP contribution is -2.39. The molecule has 0 aliphatic carbocycles. The molecule has 0 saturated carbocycles. The van der Waals surface area contributed by atoms with Gasteiger partial charge in [0.25, 0.3) is 5.91 Å². The van der Waals surface area contributed by atoms with Crippen molar-refractivity contribution in [2.45, 2.75) is 26.0 Å². The topological polar surface area (TPSA) is 68.5 Å². The molecule has 2 aromatic carbocycles. The van der Waals surface area contributed by atoms with E-state index >= 15 is 0 Å². The van der Waals surface area contributed by atoms with Gasteiger partial charge >= 0.3 is 0 Å². The van der Waals surface area contributed by atoms with E-state index in [0.717, 1.165) is 0 Å². The van der Waals surface area contributed by atoms with E-state index in [-0.39, 0.29) is 24.2 Å². The maximum absolute atomic E-state index is 13.0. The summed E-state index contributed by atoms with van der Waals surface area (Å²) in [6.07, 6.45) is -0.253. The third-order valence-corrected chi connectivity index (χ3v) is 4.40. The molecule has 1 aromatic heterocycles. The summed E-state index contributed by atoms with van der Waals surface area (Å²) in [6, 6.07) is 12.7. The summed E-state index contributed by atoms with van der Waals surface area (Å²) in [6.45, 7) is 1.96. The van der Waals surface area contributed by atoms with Gasteiger partial charge in [0.2, 0.25) is 11.7 Å². The molecule has 146 valence electrons. The van der Waals surface area contributed by atoms with Crippen molar-refractivity contribution in [1.82, 2.24) is 15.0 Å². The summed E-state index contributed by atoms with van der Waals surface area (Å²) in [4.78, 5) is 18.4. The lowest BCUT2D eigenvalue weighted by Gasteiger charge is -2.22. The van der Waals surface area contributed by atoms with Crippen LogP contribution in [0.25, 0.3) is 11.4 Å². The molecular weight excluding hydrogens is 385 g/mol. The molecule has 1 amide bonds. The Bertz CT molecular complexity index is 946. The minimum absolute atomic E-state index is 0.125. The predicted octanol–water partition coefficient (Wildman–Crippen LogP) is 4.35. The van der Waals surface area contributed by atoms with E-state index in [1.807, 2.05) is 19.1 Å². The van der Waals surface area contributed by atoms with Crippen molar-refractivity contribution in [3.05, 3.63) is 65.3 Å². The van der Waals surface area contributed by atoms with Gasteiger partial charge in [0.1, 0.15) is 11.6 Å².